The maximum absolute atomic E-state index is 11.8. The lowest BCUT2D eigenvalue weighted by Crippen LogP contribution is -2.27. The maximum atomic E-state index is 11.8. The van der Waals surface area contributed by atoms with E-state index in [1.165, 1.54) is 11.8 Å². The van der Waals surface area contributed by atoms with Gasteiger partial charge in [0, 0.05) is 11.3 Å². The summed E-state index contributed by atoms with van der Waals surface area (Å²) in [4.78, 5) is 15.9. The monoisotopic (exact) mass is 231 g/mol. The van der Waals surface area contributed by atoms with Crippen molar-refractivity contribution in [2.45, 2.75) is 0 Å². The van der Waals surface area contributed by atoms with E-state index in [4.69, 9.17) is 5.26 Å². The number of benzene rings is 1. The van der Waals surface area contributed by atoms with Crippen LogP contribution in [0, 0.1) is 11.3 Å². The second-order valence-electron chi connectivity index (χ2n) is 3.18. The van der Waals surface area contributed by atoms with Crippen LogP contribution in [-0.2, 0) is 0 Å². The summed E-state index contributed by atoms with van der Waals surface area (Å²) in [5.41, 5.74) is 0.961. The van der Waals surface area contributed by atoms with Gasteiger partial charge in [0.15, 0.2) is 5.17 Å². The van der Waals surface area contributed by atoms with Gasteiger partial charge in [0.05, 0.1) is 18.2 Å². The van der Waals surface area contributed by atoms with Crippen molar-refractivity contribution in [3.05, 3.63) is 35.4 Å². The topological polar surface area (TPSA) is 65.2 Å². The molecular weight excluding hydrogens is 222 g/mol. The number of carbonyl (C=O) groups excluding carboxylic acids is 1. The van der Waals surface area contributed by atoms with Crippen LogP contribution in [0.25, 0.3) is 0 Å². The molecular formula is C11H9N3OS. The Hall–Kier alpha value is -1.80. The van der Waals surface area contributed by atoms with Crippen molar-refractivity contribution in [3.8, 4) is 6.07 Å². The standard InChI is InChI=1S/C11H9N3OS/c12-7-8-2-1-3-9(6-8)10(15)14-11-13-4-5-16-11/h1-3,6H,4-5H2,(H,13,14,15). The second-order valence-corrected chi connectivity index (χ2v) is 4.27. The number of nitrogens with zero attached hydrogens (tertiary/aromatic N) is 2. The number of aliphatic imine (C=N–C) groups is 1. The van der Waals surface area contributed by atoms with Crippen molar-refractivity contribution in [2.24, 2.45) is 4.99 Å². The van der Waals surface area contributed by atoms with Gasteiger partial charge in [-0.15, -0.1) is 0 Å². The van der Waals surface area contributed by atoms with E-state index in [2.05, 4.69) is 10.3 Å². The fourth-order valence-corrected chi connectivity index (χ4v) is 2.03. The molecule has 0 atom stereocenters. The van der Waals surface area contributed by atoms with Gasteiger partial charge < -0.3 is 5.32 Å². The van der Waals surface area contributed by atoms with E-state index >= 15 is 0 Å². The van der Waals surface area contributed by atoms with Crippen LogP contribution in [0.15, 0.2) is 29.3 Å². The number of thioether (sulfide) groups is 1. The van der Waals surface area contributed by atoms with Crippen molar-refractivity contribution < 1.29 is 4.79 Å². The lowest BCUT2D eigenvalue weighted by molar-refractivity contribution is 0.0978. The Kier molecular flexibility index (Phi) is 3.22. The molecule has 0 bridgehead atoms. The molecule has 4 nitrogen and oxygen atoms in total. The van der Waals surface area contributed by atoms with Gasteiger partial charge in [0.1, 0.15) is 0 Å². The zero-order valence-electron chi connectivity index (χ0n) is 8.43. The lowest BCUT2D eigenvalue weighted by atomic mass is 10.1. The third-order valence-electron chi connectivity index (χ3n) is 2.06. The highest BCUT2D eigenvalue weighted by atomic mass is 32.2. The minimum atomic E-state index is -0.217. The molecule has 0 unspecified atom stereocenters. The normalized spacial score (nSPS) is 14.1. The smallest absolute Gasteiger partial charge is 0.257 e. The molecule has 1 aromatic carbocycles. The Morgan fingerprint density at radius 3 is 3.12 bits per heavy atom. The number of nitriles is 1. The number of rotatable bonds is 1. The molecule has 2 rings (SSSR count). The molecule has 0 radical (unpaired) electrons. The summed E-state index contributed by atoms with van der Waals surface area (Å²) < 4.78 is 0. The van der Waals surface area contributed by atoms with Gasteiger partial charge in [0.2, 0.25) is 0 Å². The first-order valence-electron chi connectivity index (χ1n) is 4.78. The van der Waals surface area contributed by atoms with Crippen LogP contribution < -0.4 is 5.32 Å². The average molecular weight is 231 g/mol. The first kappa shape index (κ1) is 10.7. The van der Waals surface area contributed by atoms with Gasteiger partial charge in [-0.1, -0.05) is 17.8 Å². The highest BCUT2D eigenvalue weighted by molar-refractivity contribution is 8.14. The summed E-state index contributed by atoms with van der Waals surface area (Å²) in [5.74, 6) is 0.693. The molecule has 1 aromatic rings. The van der Waals surface area contributed by atoms with Crippen LogP contribution in [0.5, 0.6) is 0 Å². The molecule has 0 saturated carbocycles. The molecule has 0 fully saturated rings. The number of hydrogen-bond acceptors (Lipinski definition) is 4. The van der Waals surface area contributed by atoms with Gasteiger partial charge in [-0.3, -0.25) is 9.79 Å². The fourth-order valence-electron chi connectivity index (χ4n) is 1.31. The molecule has 1 heterocycles. The van der Waals surface area contributed by atoms with Gasteiger partial charge >= 0.3 is 0 Å². The predicted octanol–water partition coefficient (Wildman–Crippen LogP) is 1.39. The van der Waals surface area contributed by atoms with E-state index in [0.717, 1.165) is 12.3 Å². The van der Waals surface area contributed by atoms with Crippen LogP contribution in [0.3, 0.4) is 0 Å². The highest BCUT2D eigenvalue weighted by Gasteiger charge is 2.12. The number of carbonyl (C=O) groups is 1. The van der Waals surface area contributed by atoms with E-state index in [-0.39, 0.29) is 5.91 Å². The largest absolute Gasteiger partial charge is 0.301 e. The third-order valence-corrected chi connectivity index (χ3v) is 2.95. The highest BCUT2D eigenvalue weighted by Crippen LogP contribution is 2.10. The number of amidine groups is 1. The summed E-state index contributed by atoms with van der Waals surface area (Å²) in [6.07, 6.45) is 0. The average Bonchev–Trinajstić information content (AvgIpc) is 2.82. The molecule has 80 valence electrons. The Balaban J connectivity index is 2.11. The molecule has 16 heavy (non-hydrogen) atoms. The molecule has 0 spiro atoms. The molecule has 0 aromatic heterocycles. The van der Waals surface area contributed by atoms with E-state index in [1.807, 2.05) is 6.07 Å². The SMILES string of the molecule is N#Cc1cccc(C(=O)NC2=NCCS2)c1. The first-order valence-corrected chi connectivity index (χ1v) is 5.77. The Morgan fingerprint density at radius 2 is 2.44 bits per heavy atom. The van der Waals surface area contributed by atoms with Gasteiger partial charge in [-0.2, -0.15) is 5.26 Å². The van der Waals surface area contributed by atoms with Crippen molar-refractivity contribution >= 4 is 22.8 Å². The van der Waals surface area contributed by atoms with E-state index in [0.29, 0.717) is 16.3 Å². The van der Waals surface area contributed by atoms with Crippen LogP contribution in [0.2, 0.25) is 0 Å². The summed E-state index contributed by atoms with van der Waals surface area (Å²) in [6.45, 7) is 0.749. The molecule has 1 aliphatic heterocycles. The molecule has 5 heteroatoms. The van der Waals surface area contributed by atoms with E-state index in [1.54, 1.807) is 24.3 Å². The zero-order chi connectivity index (χ0) is 11.4. The summed E-state index contributed by atoms with van der Waals surface area (Å²) in [7, 11) is 0. The molecule has 1 amide bonds. The zero-order valence-corrected chi connectivity index (χ0v) is 9.25. The summed E-state index contributed by atoms with van der Waals surface area (Å²) in [5, 5.41) is 12.1. The van der Waals surface area contributed by atoms with Gasteiger partial charge in [-0.25, -0.2) is 0 Å². The number of nitrogens with one attached hydrogen (secondary N) is 1. The van der Waals surface area contributed by atoms with Gasteiger partial charge in [0.25, 0.3) is 5.91 Å². The first-order chi connectivity index (χ1) is 7.79. The summed E-state index contributed by atoms with van der Waals surface area (Å²) >= 11 is 1.53. The van der Waals surface area contributed by atoms with Crippen LogP contribution in [0.1, 0.15) is 15.9 Å². The third kappa shape index (κ3) is 2.41. The van der Waals surface area contributed by atoms with Crippen LogP contribution >= 0.6 is 11.8 Å². The van der Waals surface area contributed by atoms with Crippen molar-refractivity contribution in [2.75, 3.05) is 12.3 Å². The van der Waals surface area contributed by atoms with E-state index < -0.39 is 0 Å². The quantitative estimate of drug-likeness (QED) is 0.794. The minimum Gasteiger partial charge on any atom is -0.301 e. The Morgan fingerprint density at radius 1 is 1.56 bits per heavy atom. The van der Waals surface area contributed by atoms with E-state index in [9.17, 15) is 4.79 Å². The Labute approximate surface area is 97.4 Å². The Bertz CT molecular complexity index is 490. The van der Waals surface area contributed by atoms with Gasteiger partial charge in [-0.05, 0) is 18.2 Å². The number of amides is 1. The second kappa shape index (κ2) is 4.81. The summed E-state index contributed by atoms with van der Waals surface area (Å²) in [6, 6.07) is 8.60. The lowest BCUT2D eigenvalue weighted by Gasteiger charge is -2.03. The van der Waals surface area contributed by atoms with Crippen molar-refractivity contribution in [1.29, 1.82) is 5.26 Å². The maximum Gasteiger partial charge on any atom is 0.257 e. The predicted molar refractivity (Wildman–Crippen MR) is 63.4 cm³/mol. The molecule has 1 N–H and O–H groups in total. The number of hydrogen-bond donors (Lipinski definition) is 1. The van der Waals surface area contributed by atoms with Crippen LogP contribution in [-0.4, -0.2) is 23.4 Å². The molecule has 0 saturated heterocycles. The van der Waals surface area contributed by atoms with Crippen molar-refractivity contribution in [1.82, 2.24) is 5.32 Å². The minimum absolute atomic E-state index is 0.217. The molecule has 1 aliphatic rings. The molecule has 0 aliphatic carbocycles. The van der Waals surface area contributed by atoms with Crippen LogP contribution in [0.4, 0.5) is 0 Å². The van der Waals surface area contributed by atoms with Crippen molar-refractivity contribution in [3.63, 3.8) is 0 Å². The fraction of sp³-hybridized carbons (Fsp3) is 0.182.